The van der Waals surface area contributed by atoms with E-state index in [2.05, 4.69) is 20.6 Å². The van der Waals surface area contributed by atoms with Gasteiger partial charge in [-0.25, -0.2) is 19.6 Å². The molecule has 47 heavy (non-hydrogen) atoms. The Balaban J connectivity index is 1.36. The molecule has 1 unspecified atom stereocenters. The lowest BCUT2D eigenvalue weighted by molar-refractivity contribution is -0.145. The Hall–Kier alpha value is -4.26. The van der Waals surface area contributed by atoms with Gasteiger partial charge >= 0.3 is 12.1 Å². The molecular weight excluding hydrogens is 620 g/mol. The van der Waals surface area contributed by atoms with Crippen LogP contribution in [0.4, 0.5) is 4.79 Å². The Morgan fingerprint density at radius 2 is 1.98 bits per heavy atom. The summed E-state index contributed by atoms with van der Waals surface area (Å²) in [5, 5.41) is 18.6. The van der Waals surface area contributed by atoms with Crippen molar-refractivity contribution in [2.75, 3.05) is 6.54 Å². The maximum atomic E-state index is 14.4. The number of benzene rings is 1. The third kappa shape index (κ3) is 6.76. The third-order valence-electron chi connectivity index (χ3n) is 9.27. The van der Waals surface area contributed by atoms with E-state index >= 15 is 0 Å². The summed E-state index contributed by atoms with van der Waals surface area (Å²) in [6, 6.07) is 1.87. The van der Waals surface area contributed by atoms with Gasteiger partial charge in [0.15, 0.2) is 0 Å². The van der Waals surface area contributed by atoms with Crippen molar-refractivity contribution >= 4 is 46.2 Å². The highest BCUT2D eigenvalue weighted by Crippen LogP contribution is 2.46. The molecule has 0 bridgehead atoms. The number of hydrogen-bond acceptors (Lipinski definition) is 8. The van der Waals surface area contributed by atoms with Gasteiger partial charge in [0.25, 0.3) is 0 Å². The van der Waals surface area contributed by atoms with Gasteiger partial charge in [0.1, 0.15) is 28.2 Å². The van der Waals surface area contributed by atoms with Crippen LogP contribution < -0.4 is 10.6 Å². The highest BCUT2D eigenvalue weighted by atomic mass is 32.1. The number of amides is 3. The fourth-order valence-electron chi connectivity index (χ4n) is 6.82. The maximum absolute atomic E-state index is 14.4. The van der Waals surface area contributed by atoms with Crippen molar-refractivity contribution in [1.29, 1.82) is 0 Å². The number of hydrogen-bond donors (Lipinski definition) is 3. The molecule has 3 aromatic rings. The normalized spacial score (nSPS) is 27.6. The average molecular weight is 663 g/mol. The first kappa shape index (κ1) is 32.7. The van der Waals surface area contributed by atoms with E-state index in [0.29, 0.717) is 19.3 Å². The van der Waals surface area contributed by atoms with E-state index < -0.39 is 47.1 Å². The third-order valence-corrected chi connectivity index (χ3v) is 10.1. The van der Waals surface area contributed by atoms with Crippen LogP contribution in [0.2, 0.25) is 0 Å². The van der Waals surface area contributed by atoms with Crippen LogP contribution in [0.15, 0.2) is 42.2 Å². The number of aryl methyl sites for hydroxylation is 1. The van der Waals surface area contributed by atoms with Crippen molar-refractivity contribution in [2.45, 2.75) is 102 Å². The first-order valence-electron chi connectivity index (χ1n) is 16.3. The summed E-state index contributed by atoms with van der Waals surface area (Å²) in [4.78, 5) is 64.4. The summed E-state index contributed by atoms with van der Waals surface area (Å²) in [5.41, 5.74) is 1.43. The van der Waals surface area contributed by atoms with E-state index in [1.807, 2.05) is 41.2 Å². The van der Waals surface area contributed by atoms with Gasteiger partial charge in [0.05, 0.1) is 23.4 Å². The van der Waals surface area contributed by atoms with Gasteiger partial charge in [-0.05, 0) is 77.5 Å². The SMILES string of the molecule is Cc1cc(-c2nccs2)cc2c1ncn2[C@@H]1C[C@H]2C(=O)NC3(C(=O)O)C[C@@H]3/C=C\CCCCC[C@@H](NC(=O)OC(C)(C)C)C(=O)N2C1. The van der Waals surface area contributed by atoms with E-state index in [1.165, 1.54) is 16.2 Å². The quantitative estimate of drug-likeness (QED) is 0.330. The second-order valence-electron chi connectivity index (χ2n) is 13.9. The molecule has 3 N–H and O–H groups in total. The highest BCUT2D eigenvalue weighted by Gasteiger charge is 2.61. The monoisotopic (exact) mass is 662 g/mol. The number of allylic oxidation sites excluding steroid dienone is 1. The predicted molar refractivity (Wildman–Crippen MR) is 177 cm³/mol. The maximum Gasteiger partial charge on any atom is 0.408 e. The minimum atomic E-state index is -1.41. The van der Waals surface area contributed by atoms with Crippen molar-refractivity contribution in [1.82, 2.24) is 30.1 Å². The summed E-state index contributed by atoms with van der Waals surface area (Å²) in [6.45, 7) is 7.43. The molecule has 3 amide bonds. The number of nitrogens with one attached hydrogen (secondary N) is 2. The van der Waals surface area contributed by atoms with E-state index in [-0.39, 0.29) is 24.9 Å². The molecule has 12 nitrogen and oxygen atoms in total. The minimum Gasteiger partial charge on any atom is -0.479 e. The van der Waals surface area contributed by atoms with Crippen molar-refractivity contribution in [2.24, 2.45) is 5.92 Å². The van der Waals surface area contributed by atoms with Crippen LogP contribution in [-0.4, -0.2) is 78.2 Å². The van der Waals surface area contributed by atoms with Gasteiger partial charge < -0.3 is 29.9 Å². The fraction of sp³-hybridized carbons (Fsp3) is 0.529. The molecule has 2 fully saturated rings. The van der Waals surface area contributed by atoms with Crippen LogP contribution in [0.3, 0.4) is 0 Å². The first-order chi connectivity index (χ1) is 22.4. The Morgan fingerprint density at radius 1 is 1.17 bits per heavy atom. The zero-order valence-electron chi connectivity index (χ0n) is 27.2. The van der Waals surface area contributed by atoms with Crippen LogP contribution in [-0.2, 0) is 19.1 Å². The molecule has 2 aromatic heterocycles. The molecule has 5 atom stereocenters. The molecule has 1 saturated heterocycles. The van der Waals surface area contributed by atoms with Crippen LogP contribution >= 0.6 is 11.3 Å². The van der Waals surface area contributed by atoms with Gasteiger partial charge in [0, 0.05) is 29.6 Å². The smallest absolute Gasteiger partial charge is 0.408 e. The second kappa shape index (κ2) is 12.7. The second-order valence-corrected chi connectivity index (χ2v) is 14.8. The van der Waals surface area contributed by atoms with E-state index in [1.54, 1.807) is 33.3 Å². The number of carboxylic acids is 1. The Labute approximate surface area is 277 Å². The first-order valence-corrected chi connectivity index (χ1v) is 17.1. The Morgan fingerprint density at radius 3 is 2.70 bits per heavy atom. The van der Waals surface area contributed by atoms with Crippen molar-refractivity contribution in [3.05, 3.63) is 47.8 Å². The zero-order chi connectivity index (χ0) is 33.5. The molecule has 2 aliphatic heterocycles. The number of imidazole rings is 1. The number of carboxylic acid groups (broad SMARTS) is 1. The molecule has 250 valence electrons. The summed E-state index contributed by atoms with van der Waals surface area (Å²) < 4.78 is 7.49. The topological polar surface area (TPSA) is 156 Å². The molecule has 3 aliphatic rings. The van der Waals surface area contributed by atoms with Gasteiger partial charge in [-0.2, -0.15) is 0 Å². The van der Waals surface area contributed by atoms with Crippen molar-refractivity contribution in [3.8, 4) is 10.6 Å². The lowest BCUT2D eigenvalue weighted by atomic mass is 10.0. The number of alkyl carbamates (subject to hydrolysis) is 1. The summed E-state index contributed by atoms with van der Waals surface area (Å²) in [5.74, 6) is -2.32. The van der Waals surface area contributed by atoms with Gasteiger partial charge in [-0.15, -0.1) is 11.3 Å². The van der Waals surface area contributed by atoms with E-state index in [0.717, 1.165) is 46.4 Å². The molecule has 0 spiro atoms. The Bertz CT molecular complexity index is 1710. The van der Waals surface area contributed by atoms with Crippen molar-refractivity contribution < 1.29 is 29.0 Å². The molecular formula is C34H42N6O6S. The predicted octanol–water partition coefficient (Wildman–Crippen LogP) is 4.98. The number of carbonyl (C=O) groups is 4. The van der Waals surface area contributed by atoms with Gasteiger partial charge in [-0.3, -0.25) is 9.59 Å². The molecule has 0 radical (unpaired) electrons. The zero-order valence-corrected chi connectivity index (χ0v) is 28.0. The van der Waals surface area contributed by atoms with Gasteiger partial charge in [-0.1, -0.05) is 25.0 Å². The summed E-state index contributed by atoms with van der Waals surface area (Å²) >= 11 is 1.54. The summed E-state index contributed by atoms with van der Waals surface area (Å²) in [6.07, 6.45) is 10.7. The van der Waals surface area contributed by atoms with Crippen LogP contribution in [0.5, 0.6) is 0 Å². The van der Waals surface area contributed by atoms with Crippen LogP contribution in [0, 0.1) is 12.8 Å². The molecule has 1 aromatic carbocycles. The van der Waals surface area contributed by atoms with Gasteiger partial charge in [0.2, 0.25) is 11.8 Å². The number of ether oxygens (including phenoxy) is 1. The minimum absolute atomic E-state index is 0.179. The average Bonchev–Trinajstić information content (AvgIpc) is 3.45. The lowest BCUT2D eigenvalue weighted by Crippen LogP contribution is -2.56. The number of rotatable bonds is 4. The number of thiazole rings is 1. The number of nitrogens with zero attached hydrogens (tertiary/aromatic N) is 4. The van der Waals surface area contributed by atoms with Crippen LogP contribution in [0.25, 0.3) is 21.6 Å². The number of carbonyl (C=O) groups excluding carboxylic acids is 3. The molecule has 1 aliphatic carbocycles. The standard InChI is InChI=1S/C34H42N6O6S/c1-20-14-21(29-35-12-13-47-29)15-25-27(20)36-19-40(25)23-16-26-28(41)38-34(31(43)44)17-22(34)10-8-6-5-7-9-11-24(30(42)39(26)18-23)37-32(45)46-33(2,3)4/h8,10,12-15,19,22-24,26H,5-7,9,11,16-18H2,1-4H3,(H,37,45)(H,38,41)(H,43,44)/b10-8-/t22-,23+,24+,26-,34?/m0/s1. The number of fused-ring (bicyclic) bond motifs is 3. The molecule has 4 heterocycles. The lowest BCUT2D eigenvalue weighted by Gasteiger charge is -2.30. The fourth-order valence-corrected chi connectivity index (χ4v) is 7.44. The number of aliphatic carboxylic acids is 1. The largest absolute Gasteiger partial charge is 0.479 e. The Kier molecular flexibility index (Phi) is 8.86. The molecule has 1 saturated carbocycles. The van der Waals surface area contributed by atoms with Crippen LogP contribution in [0.1, 0.15) is 77.3 Å². The molecule has 13 heteroatoms. The molecule has 6 rings (SSSR count). The van der Waals surface area contributed by atoms with E-state index in [4.69, 9.17) is 4.74 Å². The highest BCUT2D eigenvalue weighted by molar-refractivity contribution is 7.13. The summed E-state index contributed by atoms with van der Waals surface area (Å²) in [7, 11) is 0. The van der Waals surface area contributed by atoms with E-state index in [9.17, 15) is 24.3 Å². The number of aromatic nitrogens is 3. The van der Waals surface area contributed by atoms with Crippen molar-refractivity contribution in [3.63, 3.8) is 0 Å².